The second-order valence-electron chi connectivity index (χ2n) is 4.02. The van der Waals surface area contributed by atoms with Gasteiger partial charge in [0.25, 0.3) is 0 Å². The quantitative estimate of drug-likeness (QED) is 0.742. The van der Waals surface area contributed by atoms with Crippen LogP contribution < -0.4 is 5.32 Å². The van der Waals surface area contributed by atoms with Gasteiger partial charge in [0, 0.05) is 33.7 Å². The maximum absolute atomic E-state index is 11.5. The van der Waals surface area contributed by atoms with Crippen molar-refractivity contribution < 1.29 is 13.2 Å². The Hall–Kier alpha value is -0.820. The summed E-state index contributed by atoms with van der Waals surface area (Å²) in [5.74, 6) is -0.0560. The molecule has 1 fully saturated rings. The van der Waals surface area contributed by atoms with Gasteiger partial charge in [0.15, 0.2) is 0 Å². The number of urea groups is 1. The highest BCUT2D eigenvalue weighted by atomic mass is 32.2. The number of hydrogen-bond acceptors (Lipinski definition) is 3. The van der Waals surface area contributed by atoms with Gasteiger partial charge >= 0.3 is 6.03 Å². The molecule has 7 heteroatoms. The Bertz CT molecular complexity index is 334. The van der Waals surface area contributed by atoms with Crippen molar-refractivity contribution in [3.8, 4) is 0 Å². The van der Waals surface area contributed by atoms with E-state index in [1.54, 1.807) is 4.90 Å². The lowest BCUT2D eigenvalue weighted by Crippen LogP contribution is -2.41. The summed E-state index contributed by atoms with van der Waals surface area (Å²) in [7, 11) is -0.250. The number of hydrogen-bond donors (Lipinski definition) is 1. The highest BCUT2D eigenvalue weighted by Gasteiger charge is 2.18. The first-order valence-corrected chi connectivity index (χ1v) is 6.97. The van der Waals surface area contributed by atoms with Crippen molar-refractivity contribution in [1.82, 2.24) is 14.5 Å². The first-order valence-electron chi connectivity index (χ1n) is 5.36. The molecule has 0 aromatic carbocycles. The van der Waals surface area contributed by atoms with Crippen LogP contribution in [0, 0.1) is 0 Å². The maximum Gasteiger partial charge on any atom is 0.317 e. The van der Waals surface area contributed by atoms with Crippen LogP contribution in [0.2, 0.25) is 0 Å². The Labute approximate surface area is 96.6 Å². The van der Waals surface area contributed by atoms with Gasteiger partial charge in [0.05, 0.1) is 5.75 Å². The summed E-state index contributed by atoms with van der Waals surface area (Å²) >= 11 is 0. The van der Waals surface area contributed by atoms with Crippen LogP contribution >= 0.6 is 0 Å². The van der Waals surface area contributed by atoms with Gasteiger partial charge in [-0.1, -0.05) is 0 Å². The third-order valence-corrected chi connectivity index (χ3v) is 4.42. The summed E-state index contributed by atoms with van der Waals surface area (Å²) in [6.07, 6.45) is 2.06. The lowest BCUT2D eigenvalue weighted by Gasteiger charge is -2.17. The van der Waals surface area contributed by atoms with Crippen molar-refractivity contribution >= 4 is 16.1 Å². The highest BCUT2D eigenvalue weighted by Crippen LogP contribution is 2.06. The molecule has 0 radical (unpaired) electrons. The Morgan fingerprint density at radius 2 is 1.88 bits per heavy atom. The highest BCUT2D eigenvalue weighted by molar-refractivity contribution is 7.89. The van der Waals surface area contributed by atoms with E-state index in [1.165, 1.54) is 14.1 Å². The zero-order valence-corrected chi connectivity index (χ0v) is 10.6. The minimum atomic E-state index is -3.22. The number of carbonyl (C=O) groups excluding carboxylic acids is 1. The fraction of sp³-hybridized carbons (Fsp3) is 0.889. The summed E-state index contributed by atoms with van der Waals surface area (Å²) in [4.78, 5) is 13.2. The molecule has 0 bridgehead atoms. The molecule has 0 aromatic rings. The van der Waals surface area contributed by atoms with Crippen molar-refractivity contribution in [3.63, 3.8) is 0 Å². The van der Waals surface area contributed by atoms with Crippen LogP contribution in [0.3, 0.4) is 0 Å². The van der Waals surface area contributed by atoms with Crippen LogP contribution in [-0.4, -0.2) is 63.1 Å². The fourth-order valence-electron chi connectivity index (χ4n) is 1.50. The van der Waals surface area contributed by atoms with E-state index in [4.69, 9.17) is 0 Å². The predicted octanol–water partition coefficient (Wildman–Crippen LogP) is -0.317. The molecule has 1 rings (SSSR count). The molecule has 0 aliphatic carbocycles. The normalized spacial score (nSPS) is 16.8. The van der Waals surface area contributed by atoms with Gasteiger partial charge in [-0.25, -0.2) is 17.5 Å². The van der Waals surface area contributed by atoms with Gasteiger partial charge in [0.1, 0.15) is 0 Å². The first-order chi connectivity index (χ1) is 7.43. The molecule has 0 aromatic heterocycles. The first kappa shape index (κ1) is 13.2. The SMILES string of the molecule is CN(C)S(=O)(=O)CCNC(=O)N1CCCC1. The van der Waals surface area contributed by atoms with Gasteiger partial charge in [-0.05, 0) is 12.8 Å². The second kappa shape index (κ2) is 5.49. The summed E-state index contributed by atoms with van der Waals surface area (Å²) < 4.78 is 23.9. The molecule has 0 spiro atoms. The van der Waals surface area contributed by atoms with Crippen LogP contribution in [0.15, 0.2) is 0 Å². The molecule has 1 saturated heterocycles. The number of nitrogens with one attached hydrogen (secondary N) is 1. The van der Waals surface area contributed by atoms with Crippen molar-refractivity contribution in [2.45, 2.75) is 12.8 Å². The Morgan fingerprint density at radius 1 is 1.31 bits per heavy atom. The van der Waals surface area contributed by atoms with E-state index in [2.05, 4.69) is 5.32 Å². The zero-order valence-electron chi connectivity index (χ0n) is 9.77. The molecule has 6 nitrogen and oxygen atoms in total. The number of amides is 2. The maximum atomic E-state index is 11.5. The molecule has 1 N–H and O–H groups in total. The van der Waals surface area contributed by atoms with Crippen LogP contribution in [0.4, 0.5) is 4.79 Å². The Kier molecular flexibility index (Phi) is 4.55. The molecule has 1 aliphatic rings. The van der Waals surface area contributed by atoms with E-state index in [1.807, 2.05) is 0 Å². The molecule has 94 valence electrons. The topological polar surface area (TPSA) is 69.7 Å². The molecule has 1 heterocycles. The summed E-state index contributed by atoms with van der Waals surface area (Å²) in [6.45, 7) is 1.70. The molecule has 0 atom stereocenters. The van der Waals surface area contributed by atoms with E-state index in [-0.39, 0.29) is 18.3 Å². The summed E-state index contributed by atoms with van der Waals surface area (Å²) in [5, 5.41) is 2.62. The van der Waals surface area contributed by atoms with E-state index in [0.29, 0.717) is 0 Å². The van der Waals surface area contributed by atoms with Gasteiger partial charge in [0.2, 0.25) is 10.0 Å². The van der Waals surface area contributed by atoms with Crippen molar-refractivity contribution in [3.05, 3.63) is 0 Å². The monoisotopic (exact) mass is 249 g/mol. The van der Waals surface area contributed by atoms with Crippen LogP contribution in [-0.2, 0) is 10.0 Å². The van der Waals surface area contributed by atoms with Gasteiger partial charge < -0.3 is 10.2 Å². The van der Waals surface area contributed by atoms with Gasteiger partial charge in [-0.3, -0.25) is 0 Å². The Morgan fingerprint density at radius 3 is 2.38 bits per heavy atom. The van der Waals surface area contributed by atoms with E-state index in [9.17, 15) is 13.2 Å². The molecule has 1 aliphatic heterocycles. The van der Waals surface area contributed by atoms with Gasteiger partial charge in [-0.15, -0.1) is 0 Å². The lowest BCUT2D eigenvalue weighted by molar-refractivity contribution is 0.209. The Balaban J connectivity index is 2.27. The molecular weight excluding hydrogens is 230 g/mol. The van der Waals surface area contributed by atoms with E-state index >= 15 is 0 Å². The number of sulfonamides is 1. The van der Waals surface area contributed by atoms with Crippen LogP contribution in [0.1, 0.15) is 12.8 Å². The van der Waals surface area contributed by atoms with Gasteiger partial charge in [-0.2, -0.15) is 0 Å². The standard InChI is InChI=1S/C9H19N3O3S/c1-11(2)16(14,15)8-5-10-9(13)12-6-3-4-7-12/h3-8H2,1-2H3,(H,10,13). The van der Waals surface area contributed by atoms with Crippen LogP contribution in [0.25, 0.3) is 0 Å². The lowest BCUT2D eigenvalue weighted by atomic mass is 10.4. The fourth-order valence-corrected chi connectivity index (χ4v) is 2.23. The number of nitrogens with zero attached hydrogens (tertiary/aromatic N) is 2. The molecule has 0 unspecified atom stereocenters. The summed E-state index contributed by atoms with van der Waals surface area (Å²) in [6, 6.07) is -0.161. The van der Waals surface area contributed by atoms with E-state index < -0.39 is 10.0 Å². The average molecular weight is 249 g/mol. The zero-order chi connectivity index (χ0) is 12.2. The van der Waals surface area contributed by atoms with Crippen molar-refractivity contribution in [2.75, 3.05) is 39.5 Å². The number of likely N-dealkylation sites (tertiary alicyclic amines) is 1. The minimum Gasteiger partial charge on any atom is -0.337 e. The molecule has 2 amide bonds. The molecule has 16 heavy (non-hydrogen) atoms. The third-order valence-electron chi connectivity index (χ3n) is 2.59. The minimum absolute atomic E-state index is 0.0560. The van der Waals surface area contributed by atoms with Crippen LogP contribution in [0.5, 0.6) is 0 Å². The summed E-state index contributed by atoms with van der Waals surface area (Å²) in [5.41, 5.74) is 0. The average Bonchev–Trinajstić information content (AvgIpc) is 2.69. The van der Waals surface area contributed by atoms with E-state index in [0.717, 1.165) is 30.2 Å². The molecule has 0 saturated carbocycles. The second-order valence-corrected chi connectivity index (χ2v) is 6.33. The number of rotatable bonds is 4. The molecular formula is C9H19N3O3S. The largest absolute Gasteiger partial charge is 0.337 e. The predicted molar refractivity (Wildman–Crippen MR) is 61.7 cm³/mol. The van der Waals surface area contributed by atoms with Crippen molar-refractivity contribution in [2.24, 2.45) is 0 Å². The number of carbonyl (C=O) groups is 1. The smallest absolute Gasteiger partial charge is 0.317 e. The van der Waals surface area contributed by atoms with Crippen molar-refractivity contribution in [1.29, 1.82) is 0 Å². The third kappa shape index (κ3) is 3.64.